The molecule has 0 unspecified atom stereocenters. The molecule has 0 fully saturated rings. The van der Waals surface area contributed by atoms with Crippen LogP contribution in [0.25, 0.3) is 0 Å². The Morgan fingerprint density at radius 1 is 1.24 bits per heavy atom. The number of hydrogen-bond donors (Lipinski definition) is 2. The van der Waals surface area contributed by atoms with Gasteiger partial charge in [0.2, 0.25) is 0 Å². The molecule has 5 nitrogen and oxygen atoms in total. The van der Waals surface area contributed by atoms with Crippen molar-refractivity contribution in [1.82, 2.24) is 5.32 Å². The highest BCUT2D eigenvalue weighted by molar-refractivity contribution is 7.90. The number of rotatable bonds is 7. The number of sulfone groups is 1. The van der Waals surface area contributed by atoms with Crippen LogP contribution in [0.2, 0.25) is 0 Å². The molecule has 0 saturated heterocycles. The Morgan fingerprint density at radius 3 is 2.29 bits per heavy atom. The molecular weight excluding hydrogens is 290 g/mol. The van der Waals surface area contributed by atoms with Crippen molar-refractivity contribution in [1.29, 1.82) is 0 Å². The van der Waals surface area contributed by atoms with E-state index in [-0.39, 0.29) is 22.8 Å². The summed E-state index contributed by atoms with van der Waals surface area (Å²) in [6.07, 6.45) is 2.65. The largest absolute Gasteiger partial charge is 0.396 e. The molecule has 0 radical (unpaired) electrons. The van der Waals surface area contributed by atoms with Crippen LogP contribution in [0, 0.1) is 5.41 Å². The normalized spacial score (nSPS) is 12.2. The van der Waals surface area contributed by atoms with Crippen LogP contribution >= 0.6 is 0 Å². The molecule has 2 N–H and O–H groups in total. The molecule has 0 aliphatic heterocycles. The number of amides is 1. The summed E-state index contributed by atoms with van der Waals surface area (Å²) in [4.78, 5) is 12.2. The van der Waals surface area contributed by atoms with E-state index < -0.39 is 9.84 Å². The molecular formula is C15H23NO4S. The standard InChI is InChI=1S/C15H23NO4S/c1-15(2,9-4-10-17)11-16-14(18)12-5-7-13(8-6-12)21(3,19)20/h5-8,17H,4,9-11H2,1-3H3,(H,16,18). The average molecular weight is 313 g/mol. The maximum Gasteiger partial charge on any atom is 0.251 e. The molecule has 1 aromatic carbocycles. The number of nitrogens with one attached hydrogen (secondary N) is 1. The second-order valence-corrected chi connectivity index (χ2v) is 7.99. The number of hydrogen-bond acceptors (Lipinski definition) is 4. The Kier molecular flexibility index (Phi) is 5.92. The lowest BCUT2D eigenvalue weighted by Crippen LogP contribution is -2.34. The Balaban J connectivity index is 2.64. The van der Waals surface area contributed by atoms with Crippen molar-refractivity contribution >= 4 is 15.7 Å². The van der Waals surface area contributed by atoms with Gasteiger partial charge in [-0.25, -0.2) is 8.42 Å². The molecule has 118 valence electrons. The first kappa shape index (κ1) is 17.7. The number of carbonyl (C=O) groups excluding carboxylic acids is 1. The van der Waals surface area contributed by atoms with E-state index in [4.69, 9.17) is 5.11 Å². The zero-order valence-electron chi connectivity index (χ0n) is 12.7. The van der Waals surface area contributed by atoms with Crippen LogP contribution in [-0.2, 0) is 9.84 Å². The summed E-state index contributed by atoms with van der Waals surface area (Å²) in [5.74, 6) is -0.230. The lowest BCUT2D eigenvalue weighted by Gasteiger charge is -2.24. The predicted octanol–water partition coefficient (Wildman–Crippen LogP) is 1.62. The first-order chi connectivity index (χ1) is 9.65. The lowest BCUT2D eigenvalue weighted by atomic mass is 9.88. The summed E-state index contributed by atoms with van der Waals surface area (Å²) in [5, 5.41) is 11.7. The van der Waals surface area contributed by atoms with Gasteiger partial charge < -0.3 is 10.4 Å². The van der Waals surface area contributed by atoms with Gasteiger partial charge in [-0.1, -0.05) is 13.8 Å². The second kappa shape index (κ2) is 7.04. The molecule has 0 aliphatic rings. The first-order valence-electron chi connectivity index (χ1n) is 6.85. The van der Waals surface area contributed by atoms with Gasteiger partial charge in [-0.3, -0.25) is 4.79 Å². The molecule has 1 rings (SSSR count). The third-order valence-corrected chi connectivity index (χ3v) is 4.41. The van der Waals surface area contributed by atoms with Crippen molar-refractivity contribution in [2.45, 2.75) is 31.6 Å². The lowest BCUT2D eigenvalue weighted by molar-refractivity contribution is 0.0933. The number of carbonyl (C=O) groups is 1. The van der Waals surface area contributed by atoms with Gasteiger partial charge in [0, 0.05) is 25.0 Å². The number of benzene rings is 1. The van der Waals surface area contributed by atoms with E-state index >= 15 is 0 Å². The molecule has 21 heavy (non-hydrogen) atoms. The fraction of sp³-hybridized carbons (Fsp3) is 0.533. The van der Waals surface area contributed by atoms with Crippen LogP contribution in [0.3, 0.4) is 0 Å². The van der Waals surface area contributed by atoms with Crippen molar-refractivity contribution in [2.24, 2.45) is 5.41 Å². The Morgan fingerprint density at radius 2 is 1.81 bits per heavy atom. The highest BCUT2D eigenvalue weighted by Crippen LogP contribution is 2.21. The monoisotopic (exact) mass is 313 g/mol. The summed E-state index contributed by atoms with van der Waals surface area (Å²) in [6, 6.07) is 5.88. The molecule has 0 bridgehead atoms. The smallest absolute Gasteiger partial charge is 0.251 e. The fourth-order valence-electron chi connectivity index (χ4n) is 1.92. The molecule has 0 heterocycles. The zero-order valence-corrected chi connectivity index (χ0v) is 13.5. The zero-order chi connectivity index (χ0) is 16.1. The maximum atomic E-state index is 12.0. The van der Waals surface area contributed by atoms with Gasteiger partial charge in [-0.05, 0) is 42.5 Å². The minimum absolute atomic E-state index is 0.0922. The van der Waals surface area contributed by atoms with E-state index in [1.54, 1.807) is 0 Å². The van der Waals surface area contributed by atoms with E-state index in [9.17, 15) is 13.2 Å². The van der Waals surface area contributed by atoms with Crippen molar-refractivity contribution < 1.29 is 18.3 Å². The van der Waals surface area contributed by atoms with E-state index in [0.717, 1.165) is 12.7 Å². The molecule has 0 atom stereocenters. The van der Waals surface area contributed by atoms with E-state index in [1.165, 1.54) is 24.3 Å². The third kappa shape index (κ3) is 5.85. The van der Waals surface area contributed by atoms with Crippen LogP contribution in [0.15, 0.2) is 29.2 Å². The van der Waals surface area contributed by atoms with E-state index in [1.807, 2.05) is 13.8 Å². The molecule has 0 aromatic heterocycles. The van der Waals surface area contributed by atoms with Crippen molar-refractivity contribution in [3.63, 3.8) is 0 Å². The molecule has 1 aromatic rings. The Bertz CT molecular complexity index is 576. The SMILES string of the molecule is CC(C)(CCCO)CNC(=O)c1ccc(S(C)(=O)=O)cc1. The van der Waals surface area contributed by atoms with Gasteiger partial charge in [0.05, 0.1) is 4.90 Å². The summed E-state index contributed by atoms with van der Waals surface area (Å²) in [6.45, 7) is 4.69. The van der Waals surface area contributed by atoms with Gasteiger partial charge in [0.25, 0.3) is 5.91 Å². The van der Waals surface area contributed by atoms with Crippen molar-refractivity contribution in [3.8, 4) is 0 Å². The van der Waals surface area contributed by atoms with Crippen LogP contribution in [0.5, 0.6) is 0 Å². The van der Waals surface area contributed by atoms with Crippen LogP contribution < -0.4 is 5.32 Å². The molecule has 0 aliphatic carbocycles. The van der Waals surface area contributed by atoms with Crippen molar-refractivity contribution in [2.75, 3.05) is 19.4 Å². The highest BCUT2D eigenvalue weighted by Gasteiger charge is 2.19. The molecule has 0 spiro atoms. The van der Waals surface area contributed by atoms with Crippen LogP contribution in [0.1, 0.15) is 37.0 Å². The molecule has 0 saturated carbocycles. The highest BCUT2D eigenvalue weighted by atomic mass is 32.2. The topological polar surface area (TPSA) is 83.5 Å². The van der Waals surface area contributed by atoms with Crippen LogP contribution in [-0.4, -0.2) is 38.8 Å². The minimum Gasteiger partial charge on any atom is -0.396 e. The van der Waals surface area contributed by atoms with E-state index in [0.29, 0.717) is 18.5 Å². The maximum absolute atomic E-state index is 12.0. The molecule has 6 heteroatoms. The quantitative estimate of drug-likeness (QED) is 0.801. The third-order valence-electron chi connectivity index (χ3n) is 3.28. The summed E-state index contributed by atoms with van der Waals surface area (Å²) in [5.41, 5.74) is 0.339. The molecule has 1 amide bonds. The van der Waals surface area contributed by atoms with E-state index in [2.05, 4.69) is 5.32 Å². The first-order valence-corrected chi connectivity index (χ1v) is 8.74. The minimum atomic E-state index is -3.25. The number of aliphatic hydroxyl groups is 1. The van der Waals surface area contributed by atoms with Gasteiger partial charge >= 0.3 is 0 Å². The summed E-state index contributed by atoms with van der Waals surface area (Å²) < 4.78 is 22.7. The summed E-state index contributed by atoms with van der Waals surface area (Å²) in [7, 11) is -3.25. The van der Waals surface area contributed by atoms with Gasteiger partial charge in [-0.2, -0.15) is 0 Å². The average Bonchev–Trinajstić information content (AvgIpc) is 2.42. The van der Waals surface area contributed by atoms with Crippen molar-refractivity contribution in [3.05, 3.63) is 29.8 Å². The van der Waals surface area contributed by atoms with Crippen LogP contribution in [0.4, 0.5) is 0 Å². The predicted molar refractivity (Wildman–Crippen MR) is 82.0 cm³/mol. The Hall–Kier alpha value is -1.40. The number of aliphatic hydroxyl groups excluding tert-OH is 1. The summed E-state index contributed by atoms with van der Waals surface area (Å²) >= 11 is 0. The fourth-order valence-corrected chi connectivity index (χ4v) is 2.55. The Labute approximate surface area is 126 Å². The van der Waals surface area contributed by atoms with Gasteiger partial charge in [0.15, 0.2) is 9.84 Å². The van der Waals surface area contributed by atoms with Gasteiger partial charge in [-0.15, -0.1) is 0 Å². The van der Waals surface area contributed by atoms with Gasteiger partial charge in [0.1, 0.15) is 0 Å². The second-order valence-electron chi connectivity index (χ2n) is 5.97.